The molecule has 16 heavy (non-hydrogen) atoms. The lowest BCUT2D eigenvalue weighted by molar-refractivity contribution is 0.768. The number of nitrogens with zero attached hydrogens (tertiary/aromatic N) is 5. The Morgan fingerprint density at radius 1 is 1.12 bits per heavy atom. The largest absolute Gasteiger partial charge is 0.332 e. The van der Waals surface area contributed by atoms with Crippen molar-refractivity contribution in [1.82, 2.24) is 24.3 Å². The molecule has 3 heterocycles. The van der Waals surface area contributed by atoms with Gasteiger partial charge in [-0.2, -0.15) is 5.10 Å². The molecular weight excluding hydrogens is 202 g/mol. The van der Waals surface area contributed by atoms with E-state index in [4.69, 9.17) is 0 Å². The van der Waals surface area contributed by atoms with Crippen LogP contribution in [0.2, 0.25) is 0 Å². The fourth-order valence-corrected chi connectivity index (χ4v) is 1.74. The van der Waals surface area contributed by atoms with Gasteiger partial charge in [-0.05, 0) is 6.07 Å². The summed E-state index contributed by atoms with van der Waals surface area (Å²) in [7, 11) is 3.85. The van der Waals surface area contributed by atoms with Crippen LogP contribution in [0.3, 0.4) is 0 Å². The molecule has 5 heteroatoms. The van der Waals surface area contributed by atoms with Crippen molar-refractivity contribution < 1.29 is 0 Å². The van der Waals surface area contributed by atoms with Gasteiger partial charge in [-0.25, -0.2) is 4.98 Å². The summed E-state index contributed by atoms with van der Waals surface area (Å²) in [5, 5.41) is 4.13. The van der Waals surface area contributed by atoms with E-state index in [0.29, 0.717) is 0 Å². The van der Waals surface area contributed by atoms with Crippen LogP contribution >= 0.6 is 0 Å². The molecule has 0 radical (unpaired) electrons. The summed E-state index contributed by atoms with van der Waals surface area (Å²) in [5.41, 5.74) is 3.90. The third kappa shape index (κ3) is 1.29. The highest BCUT2D eigenvalue weighted by Gasteiger charge is 2.05. The molecule has 0 amide bonds. The molecule has 0 aliphatic rings. The van der Waals surface area contributed by atoms with Crippen LogP contribution in [0.15, 0.2) is 31.0 Å². The van der Waals surface area contributed by atoms with Crippen LogP contribution in [-0.4, -0.2) is 24.3 Å². The van der Waals surface area contributed by atoms with Crippen molar-refractivity contribution in [2.24, 2.45) is 14.1 Å². The molecule has 0 saturated carbocycles. The van der Waals surface area contributed by atoms with Crippen LogP contribution in [0.25, 0.3) is 22.3 Å². The van der Waals surface area contributed by atoms with E-state index in [9.17, 15) is 0 Å². The maximum absolute atomic E-state index is 4.41. The molecule has 0 bridgehead atoms. The summed E-state index contributed by atoms with van der Waals surface area (Å²) in [5.74, 6) is 0. The van der Waals surface area contributed by atoms with Gasteiger partial charge in [-0.1, -0.05) is 0 Å². The molecule has 5 nitrogen and oxygen atoms in total. The molecule has 80 valence electrons. The molecule has 3 aromatic heterocycles. The highest BCUT2D eigenvalue weighted by Crippen LogP contribution is 2.19. The second-order valence-electron chi connectivity index (χ2n) is 3.82. The lowest BCUT2D eigenvalue weighted by Gasteiger charge is -1.97. The van der Waals surface area contributed by atoms with Gasteiger partial charge in [0.05, 0.1) is 35.4 Å². The van der Waals surface area contributed by atoms with E-state index in [1.807, 2.05) is 37.1 Å². The summed E-state index contributed by atoms with van der Waals surface area (Å²) in [4.78, 5) is 8.72. The van der Waals surface area contributed by atoms with Crippen molar-refractivity contribution in [3.8, 4) is 11.3 Å². The minimum absolute atomic E-state index is 0.902. The molecule has 0 aliphatic heterocycles. The Bertz CT molecular complexity index is 649. The highest BCUT2D eigenvalue weighted by atomic mass is 15.2. The molecule has 0 atom stereocenters. The molecule has 0 N–H and O–H groups in total. The Labute approximate surface area is 92.4 Å². The number of fused-ring (bicyclic) bond motifs is 1. The number of pyridine rings is 1. The van der Waals surface area contributed by atoms with Gasteiger partial charge in [-0.3, -0.25) is 9.67 Å². The van der Waals surface area contributed by atoms with Gasteiger partial charge in [0, 0.05) is 25.9 Å². The maximum Gasteiger partial charge on any atom is 0.0956 e. The fraction of sp³-hybridized carbons (Fsp3) is 0.182. The second-order valence-corrected chi connectivity index (χ2v) is 3.82. The van der Waals surface area contributed by atoms with E-state index in [1.54, 1.807) is 17.2 Å². The first-order valence-corrected chi connectivity index (χ1v) is 5.00. The van der Waals surface area contributed by atoms with Crippen LogP contribution in [0.1, 0.15) is 0 Å². The summed E-state index contributed by atoms with van der Waals surface area (Å²) in [6, 6.07) is 1.98. The lowest BCUT2D eigenvalue weighted by Crippen LogP contribution is -1.87. The lowest BCUT2D eigenvalue weighted by atomic mass is 10.2. The first-order valence-electron chi connectivity index (χ1n) is 5.00. The normalized spacial score (nSPS) is 11.1. The van der Waals surface area contributed by atoms with Crippen molar-refractivity contribution >= 4 is 11.0 Å². The summed E-state index contributed by atoms with van der Waals surface area (Å²) < 4.78 is 3.72. The van der Waals surface area contributed by atoms with Crippen molar-refractivity contribution in [3.05, 3.63) is 31.0 Å². The minimum Gasteiger partial charge on any atom is -0.332 e. The van der Waals surface area contributed by atoms with E-state index in [0.717, 1.165) is 22.3 Å². The van der Waals surface area contributed by atoms with Crippen LogP contribution in [-0.2, 0) is 14.1 Å². The van der Waals surface area contributed by atoms with E-state index in [2.05, 4.69) is 15.1 Å². The van der Waals surface area contributed by atoms with Crippen molar-refractivity contribution in [2.45, 2.75) is 0 Å². The first-order chi connectivity index (χ1) is 7.74. The van der Waals surface area contributed by atoms with Gasteiger partial charge in [0.2, 0.25) is 0 Å². The van der Waals surface area contributed by atoms with E-state index in [1.165, 1.54) is 0 Å². The average molecular weight is 213 g/mol. The quantitative estimate of drug-likeness (QED) is 0.613. The minimum atomic E-state index is 0.902. The van der Waals surface area contributed by atoms with Gasteiger partial charge in [-0.15, -0.1) is 0 Å². The zero-order valence-electron chi connectivity index (χ0n) is 9.12. The second kappa shape index (κ2) is 3.16. The van der Waals surface area contributed by atoms with Gasteiger partial charge >= 0.3 is 0 Å². The molecule has 0 saturated heterocycles. The first kappa shape index (κ1) is 9.08. The third-order valence-corrected chi connectivity index (χ3v) is 2.61. The van der Waals surface area contributed by atoms with Gasteiger partial charge in [0.25, 0.3) is 0 Å². The zero-order chi connectivity index (χ0) is 11.1. The van der Waals surface area contributed by atoms with Gasteiger partial charge in [0.1, 0.15) is 0 Å². The average Bonchev–Trinajstić information content (AvgIpc) is 2.86. The molecular formula is C11H11N5. The molecule has 3 aromatic rings. The smallest absolute Gasteiger partial charge is 0.0956 e. The molecule has 0 fully saturated rings. The topological polar surface area (TPSA) is 48.5 Å². The highest BCUT2D eigenvalue weighted by molar-refractivity contribution is 5.78. The Morgan fingerprint density at radius 2 is 2.00 bits per heavy atom. The molecule has 0 spiro atoms. The third-order valence-electron chi connectivity index (χ3n) is 2.61. The van der Waals surface area contributed by atoms with Crippen LogP contribution in [0.4, 0.5) is 0 Å². The number of imidazole rings is 1. The molecule has 0 unspecified atom stereocenters. The Kier molecular flexibility index (Phi) is 1.80. The SMILES string of the molecule is Cn1cc(-c2cc3ncn(C)c3cn2)cn1. The number of rotatable bonds is 1. The summed E-state index contributed by atoms with van der Waals surface area (Å²) in [6.45, 7) is 0. The van der Waals surface area contributed by atoms with Crippen molar-refractivity contribution in [2.75, 3.05) is 0 Å². The number of aromatic nitrogens is 5. The number of hydrogen-bond acceptors (Lipinski definition) is 3. The van der Waals surface area contributed by atoms with E-state index < -0.39 is 0 Å². The van der Waals surface area contributed by atoms with Crippen molar-refractivity contribution in [1.29, 1.82) is 0 Å². The predicted molar refractivity (Wildman–Crippen MR) is 60.7 cm³/mol. The van der Waals surface area contributed by atoms with Gasteiger partial charge < -0.3 is 4.57 Å². The standard InChI is InChI=1S/C11H11N5/c1-15-7-13-10-3-9(12-5-11(10)15)8-4-14-16(2)6-8/h3-7H,1-2H3. The molecule has 0 aromatic carbocycles. The van der Waals surface area contributed by atoms with E-state index in [-0.39, 0.29) is 0 Å². The number of hydrogen-bond donors (Lipinski definition) is 0. The molecule has 0 aliphatic carbocycles. The fourth-order valence-electron chi connectivity index (χ4n) is 1.74. The van der Waals surface area contributed by atoms with Gasteiger partial charge in [0.15, 0.2) is 0 Å². The number of aryl methyl sites for hydroxylation is 2. The van der Waals surface area contributed by atoms with Crippen molar-refractivity contribution in [3.63, 3.8) is 0 Å². The Morgan fingerprint density at radius 3 is 2.75 bits per heavy atom. The monoisotopic (exact) mass is 213 g/mol. The summed E-state index contributed by atoms with van der Waals surface area (Å²) in [6.07, 6.45) is 7.37. The predicted octanol–water partition coefficient (Wildman–Crippen LogP) is 1.37. The van der Waals surface area contributed by atoms with Crippen LogP contribution in [0, 0.1) is 0 Å². The van der Waals surface area contributed by atoms with Crippen LogP contribution in [0.5, 0.6) is 0 Å². The Balaban J connectivity index is 2.18. The van der Waals surface area contributed by atoms with Crippen LogP contribution < -0.4 is 0 Å². The molecule has 3 rings (SSSR count). The summed E-state index contributed by atoms with van der Waals surface area (Å²) >= 11 is 0. The Hall–Kier alpha value is -2.17. The maximum atomic E-state index is 4.41. The zero-order valence-corrected chi connectivity index (χ0v) is 9.12. The van der Waals surface area contributed by atoms with E-state index >= 15 is 0 Å².